The third kappa shape index (κ3) is 1.98. The fourth-order valence-electron chi connectivity index (χ4n) is 2.22. The number of hydrogen-bond donors (Lipinski definition) is 0. The lowest BCUT2D eigenvalue weighted by Crippen LogP contribution is -2.05. The van der Waals surface area contributed by atoms with E-state index in [4.69, 9.17) is 0 Å². The van der Waals surface area contributed by atoms with Crippen LogP contribution in [0.3, 0.4) is 0 Å². The quantitative estimate of drug-likeness (QED) is 0.764. The van der Waals surface area contributed by atoms with Gasteiger partial charge in [-0.25, -0.2) is 0 Å². The Bertz CT molecular complexity index is 561. The molecule has 0 radical (unpaired) electrons. The van der Waals surface area contributed by atoms with Gasteiger partial charge in [0.05, 0.1) is 0 Å². The summed E-state index contributed by atoms with van der Waals surface area (Å²) in [6, 6.07) is 8.52. The predicted octanol–water partition coefficient (Wildman–Crippen LogP) is 3.69. The van der Waals surface area contributed by atoms with Crippen LogP contribution in [-0.2, 0) is 7.05 Å². The van der Waals surface area contributed by atoms with Crippen LogP contribution in [0.4, 0.5) is 0 Å². The summed E-state index contributed by atoms with van der Waals surface area (Å²) in [6.07, 6.45) is 7.16. The molecule has 1 atom stereocenters. The van der Waals surface area contributed by atoms with Crippen molar-refractivity contribution in [3.8, 4) is 0 Å². The number of aliphatic imine (C=N–C) groups is 1. The monoisotopic (exact) mass is 242 g/mol. The second-order valence-corrected chi connectivity index (χ2v) is 5.26. The van der Waals surface area contributed by atoms with E-state index >= 15 is 0 Å². The molecule has 2 nitrogen and oxygen atoms in total. The minimum absolute atomic E-state index is 0.435. The summed E-state index contributed by atoms with van der Waals surface area (Å²) < 4.78 is 2.15. The molecule has 3 heterocycles. The maximum absolute atomic E-state index is 4.40. The zero-order valence-electron chi connectivity index (χ0n) is 9.71. The first-order chi connectivity index (χ1) is 8.34. The van der Waals surface area contributed by atoms with Crippen molar-refractivity contribution in [3.63, 3.8) is 0 Å². The van der Waals surface area contributed by atoms with Crippen LogP contribution in [0.5, 0.6) is 0 Å². The summed E-state index contributed by atoms with van der Waals surface area (Å²) in [4.78, 5) is 5.80. The van der Waals surface area contributed by atoms with Crippen LogP contribution in [0.2, 0.25) is 0 Å². The number of aromatic nitrogens is 1. The molecule has 0 aliphatic carbocycles. The molecule has 0 aromatic carbocycles. The van der Waals surface area contributed by atoms with Crippen molar-refractivity contribution in [1.29, 1.82) is 0 Å². The van der Waals surface area contributed by atoms with Gasteiger partial charge in [-0.05, 0) is 35.6 Å². The second-order valence-electron chi connectivity index (χ2n) is 4.28. The molecule has 0 N–H and O–H groups in total. The zero-order valence-corrected chi connectivity index (χ0v) is 10.5. The maximum atomic E-state index is 4.40. The van der Waals surface area contributed by atoms with Gasteiger partial charge in [0.2, 0.25) is 0 Å². The van der Waals surface area contributed by atoms with Crippen LogP contribution in [0.1, 0.15) is 22.9 Å². The Hall–Kier alpha value is -1.61. The fourth-order valence-corrected chi connectivity index (χ4v) is 3.01. The van der Waals surface area contributed by atoms with Gasteiger partial charge in [-0.3, -0.25) is 4.99 Å². The first-order valence-electron chi connectivity index (χ1n) is 5.72. The highest BCUT2D eigenvalue weighted by atomic mass is 32.1. The number of thiophene rings is 1. The summed E-state index contributed by atoms with van der Waals surface area (Å²) in [5.74, 6) is 0.435. The molecule has 0 amide bonds. The summed E-state index contributed by atoms with van der Waals surface area (Å²) in [6.45, 7) is 0. The van der Waals surface area contributed by atoms with Crippen molar-refractivity contribution in [2.75, 3.05) is 0 Å². The smallest absolute Gasteiger partial charge is 0.0452 e. The molecule has 3 heteroatoms. The van der Waals surface area contributed by atoms with Crippen LogP contribution in [-0.4, -0.2) is 10.8 Å². The van der Waals surface area contributed by atoms with E-state index in [2.05, 4.69) is 58.7 Å². The molecular weight excluding hydrogens is 228 g/mol. The average Bonchev–Trinajstić information content (AvgIpc) is 2.99. The minimum atomic E-state index is 0.435. The largest absolute Gasteiger partial charge is 0.351 e. The molecular formula is C14H14N2S. The maximum Gasteiger partial charge on any atom is 0.0452 e. The van der Waals surface area contributed by atoms with Gasteiger partial charge < -0.3 is 4.57 Å². The molecule has 0 bridgehead atoms. The van der Waals surface area contributed by atoms with E-state index in [1.807, 2.05) is 17.5 Å². The van der Waals surface area contributed by atoms with E-state index in [1.54, 1.807) is 0 Å². The lowest BCUT2D eigenvalue weighted by atomic mass is 9.95. The van der Waals surface area contributed by atoms with Crippen molar-refractivity contribution >= 4 is 23.1 Å². The molecule has 17 heavy (non-hydrogen) atoms. The van der Waals surface area contributed by atoms with E-state index in [-0.39, 0.29) is 0 Å². The Morgan fingerprint density at radius 2 is 2.29 bits per heavy atom. The second kappa shape index (κ2) is 4.34. The minimum Gasteiger partial charge on any atom is -0.351 e. The summed E-state index contributed by atoms with van der Waals surface area (Å²) in [5.41, 5.74) is 2.59. The van der Waals surface area contributed by atoms with Crippen molar-refractivity contribution < 1.29 is 0 Å². The summed E-state index contributed by atoms with van der Waals surface area (Å²) >= 11 is 1.81. The third-order valence-corrected chi connectivity index (χ3v) is 4.12. The van der Waals surface area contributed by atoms with Crippen LogP contribution in [0.15, 0.2) is 47.0 Å². The van der Waals surface area contributed by atoms with E-state index in [1.165, 1.54) is 16.1 Å². The van der Waals surface area contributed by atoms with Gasteiger partial charge in [-0.2, -0.15) is 0 Å². The average molecular weight is 242 g/mol. The Morgan fingerprint density at radius 1 is 1.35 bits per heavy atom. The first-order valence-corrected chi connectivity index (χ1v) is 6.60. The van der Waals surface area contributed by atoms with Gasteiger partial charge in [0, 0.05) is 42.1 Å². The highest BCUT2D eigenvalue weighted by Gasteiger charge is 2.17. The van der Waals surface area contributed by atoms with Gasteiger partial charge in [0.25, 0.3) is 0 Å². The third-order valence-electron chi connectivity index (χ3n) is 3.12. The van der Waals surface area contributed by atoms with Crippen molar-refractivity contribution in [2.24, 2.45) is 12.0 Å². The first kappa shape index (κ1) is 10.5. The number of rotatable bonds is 2. The Morgan fingerprint density at radius 3 is 3.00 bits per heavy atom. The van der Waals surface area contributed by atoms with Crippen LogP contribution < -0.4 is 0 Å². The molecule has 2 aromatic heterocycles. The van der Waals surface area contributed by atoms with Gasteiger partial charge in [0.1, 0.15) is 0 Å². The van der Waals surface area contributed by atoms with Gasteiger partial charge in [-0.15, -0.1) is 11.3 Å². The fraction of sp³-hybridized carbons (Fsp3) is 0.214. The lowest BCUT2D eigenvalue weighted by Gasteiger charge is -2.17. The molecule has 1 aliphatic rings. The molecule has 2 aromatic rings. The Kier molecular flexibility index (Phi) is 2.69. The normalized spacial score (nSPS) is 19.4. The topological polar surface area (TPSA) is 17.3 Å². The number of aryl methyl sites for hydroxylation is 1. The highest BCUT2D eigenvalue weighted by Crippen LogP contribution is 2.32. The standard InChI is InChI=1S/C14H14N2S/c1-16-6-2-4-13(16)11-8-12(10-15-9-11)14-5-3-7-17-14/h2-7,9-10,12H,8H2,1H3. The molecule has 1 aliphatic heterocycles. The van der Waals surface area contributed by atoms with Gasteiger partial charge >= 0.3 is 0 Å². The van der Waals surface area contributed by atoms with Crippen molar-refractivity contribution in [1.82, 2.24) is 4.57 Å². The molecule has 0 spiro atoms. The lowest BCUT2D eigenvalue weighted by molar-refractivity contribution is 0.873. The highest BCUT2D eigenvalue weighted by molar-refractivity contribution is 7.10. The zero-order chi connectivity index (χ0) is 11.7. The van der Waals surface area contributed by atoms with E-state index in [0.717, 1.165) is 6.42 Å². The van der Waals surface area contributed by atoms with Crippen LogP contribution >= 0.6 is 11.3 Å². The van der Waals surface area contributed by atoms with E-state index in [0.29, 0.717) is 5.92 Å². The summed E-state index contributed by atoms with van der Waals surface area (Å²) in [5, 5.41) is 2.13. The summed E-state index contributed by atoms with van der Waals surface area (Å²) in [7, 11) is 2.08. The number of allylic oxidation sites excluding steroid dienone is 1. The molecule has 86 valence electrons. The molecule has 0 saturated heterocycles. The van der Waals surface area contributed by atoms with Gasteiger partial charge in [-0.1, -0.05) is 6.07 Å². The van der Waals surface area contributed by atoms with Crippen molar-refractivity contribution in [3.05, 3.63) is 52.6 Å². The molecule has 0 saturated carbocycles. The van der Waals surface area contributed by atoms with E-state index < -0.39 is 0 Å². The number of nitrogens with zero attached hydrogens (tertiary/aromatic N) is 2. The molecule has 0 fully saturated rings. The molecule has 3 rings (SSSR count). The SMILES string of the molecule is Cn1cccc1C1=CN=CC(c2cccs2)C1. The van der Waals surface area contributed by atoms with Crippen molar-refractivity contribution in [2.45, 2.75) is 12.3 Å². The Labute approximate surface area is 105 Å². The number of hydrogen-bond acceptors (Lipinski definition) is 2. The van der Waals surface area contributed by atoms with Crippen LogP contribution in [0.25, 0.3) is 5.57 Å². The van der Waals surface area contributed by atoms with Crippen LogP contribution in [0, 0.1) is 0 Å². The molecule has 1 unspecified atom stereocenters. The Balaban J connectivity index is 1.88. The van der Waals surface area contributed by atoms with Gasteiger partial charge in [0.15, 0.2) is 0 Å². The van der Waals surface area contributed by atoms with E-state index in [9.17, 15) is 0 Å². The predicted molar refractivity (Wildman–Crippen MR) is 73.6 cm³/mol.